The average Bonchev–Trinajstić information content (AvgIpc) is 2.82. The van der Waals surface area contributed by atoms with E-state index in [9.17, 15) is 14.9 Å². The molecule has 3 rings (SSSR count). The average molecular weight is 427 g/mol. The monoisotopic (exact) mass is 426 g/mol. The molecule has 5 heteroatoms. The number of nitrogens with one attached hydrogen (secondary N) is 1. The van der Waals surface area contributed by atoms with E-state index in [4.69, 9.17) is 4.74 Å². The van der Waals surface area contributed by atoms with Gasteiger partial charge in [-0.3, -0.25) is 4.79 Å². The number of hydrogen-bond acceptors (Lipinski definition) is 5. The van der Waals surface area contributed by atoms with Gasteiger partial charge in [-0.1, -0.05) is 55.5 Å². The molecule has 1 N–H and O–H groups in total. The fourth-order valence-electron chi connectivity index (χ4n) is 3.64. The van der Waals surface area contributed by atoms with Crippen LogP contribution in [0.25, 0.3) is 11.1 Å². The molecule has 3 aromatic carbocycles. The van der Waals surface area contributed by atoms with Crippen molar-refractivity contribution in [1.29, 1.82) is 5.26 Å². The molecular weight excluding hydrogens is 400 g/mol. The second-order valence-corrected chi connectivity index (χ2v) is 7.62. The van der Waals surface area contributed by atoms with Crippen LogP contribution in [0.15, 0.2) is 60.7 Å². The van der Waals surface area contributed by atoms with Gasteiger partial charge in [0.1, 0.15) is 5.78 Å². The number of nitriles is 1. The first-order valence-electron chi connectivity index (χ1n) is 10.5. The summed E-state index contributed by atoms with van der Waals surface area (Å²) in [5, 5.41) is 12.7. The van der Waals surface area contributed by atoms with E-state index >= 15 is 0 Å². The van der Waals surface area contributed by atoms with Crippen molar-refractivity contribution in [3.63, 3.8) is 0 Å². The number of nitrogens with zero attached hydrogens (tertiary/aromatic N) is 1. The molecule has 0 aliphatic heterocycles. The summed E-state index contributed by atoms with van der Waals surface area (Å²) >= 11 is 0. The van der Waals surface area contributed by atoms with Crippen LogP contribution >= 0.6 is 0 Å². The van der Waals surface area contributed by atoms with Crippen LogP contribution < -0.4 is 5.32 Å². The van der Waals surface area contributed by atoms with E-state index in [1.54, 1.807) is 12.1 Å². The molecule has 0 aliphatic rings. The van der Waals surface area contributed by atoms with Crippen LogP contribution in [0.4, 0.5) is 5.69 Å². The van der Waals surface area contributed by atoms with Gasteiger partial charge < -0.3 is 10.1 Å². The zero-order valence-corrected chi connectivity index (χ0v) is 18.6. The number of hydrogen-bond donors (Lipinski definition) is 1. The first-order chi connectivity index (χ1) is 15.5. The van der Waals surface area contributed by atoms with Gasteiger partial charge in [-0.2, -0.15) is 5.26 Å². The van der Waals surface area contributed by atoms with Gasteiger partial charge >= 0.3 is 5.97 Å². The molecule has 0 saturated carbocycles. The molecule has 0 aromatic heterocycles. The van der Waals surface area contributed by atoms with Crippen LogP contribution in [-0.2, 0) is 22.5 Å². The maximum absolute atomic E-state index is 12.4. The number of methoxy groups -OCH3 is 1. The Morgan fingerprint density at radius 2 is 1.78 bits per heavy atom. The second-order valence-electron chi connectivity index (χ2n) is 7.62. The summed E-state index contributed by atoms with van der Waals surface area (Å²) in [7, 11) is 1.35. The lowest BCUT2D eigenvalue weighted by Gasteiger charge is -2.17. The van der Waals surface area contributed by atoms with Crippen molar-refractivity contribution in [3.8, 4) is 17.2 Å². The zero-order chi connectivity index (χ0) is 23.1. The number of esters is 1. The number of carbonyl (C=O) groups is 2. The molecule has 0 spiro atoms. The smallest absolute Gasteiger partial charge is 0.339 e. The predicted molar refractivity (Wildman–Crippen MR) is 125 cm³/mol. The molecule has 0 aliphatic carbocycles. The Morgan fingerprint density at radius 3 is 2.44 bits per heavy atom. The fraction of sp³-hybridized carbons (Fsp3) is 0.222. The number of ketones is 1. The van der Waals surface area contributed by atoms with Crippen LogP contribution in [0.5, 0.6) is 0 Å². The summed E-state index contributed by atoms with van der Waals surface area (Å²) in [5.41, 5.74) is 6.23. The van der Waals surface area contributed by atoms with E-state index < -0.39 is 5.97 Å². The molecule has 0 heterocycles. The lowest BCUT2D eigenvalue weighted by Crippen LogP contribution is -2.13. The first-order valence-corrected chi connectivity index (χ1v) is 10.5. The van der Waals surface area contributed by atoms with E-state index in [0.717, 1.165) is 27.8 Å². The molecule has 3 aromatic rings. The lowest BCUT2D eigenvalue weighted by atomic mass is 9.97. The molecular formula is C27H26N2O3. The minimum atomic E-state index is -0.440. The highest BCUT2D eigenvalue weighted by atomic mass is 16.5. The maximum atomic E-state index is 12.4. The van der Waals surface area contributed by atoms with Crippen molar-refractivity contribution in [3.05, 3.63) is 88.5 Å². The van der Waals surface area contributed by atoms with Gasteiger partial charge in [-0.05, 0) is 46.9 Å². The van der Waals surface area contributed by atoms with Crippen LogP contribution in [0.2, 0.25) is 0 Å². The van der Waals surface area contributed by atoms with Crippen LogP contribution in [0, 0.1) is 18.3 Å². The molecule has 0 unspecified atom stereocenters. The number of Topliss-reactive ketones (excluding diaryl/α,β-unsaturated/α-hetero) is 1. The van der Waals surface area contributed by atoms with Gasteiger partial charge in [0, 0.05) is 19.4 Å². The number of rotatable bonds is 8. The van der Waals surface area contributed by atoms with Gasteiger partial charge in [0.2, 0.25) is 0 Å². The summed E-state index contributed by atoms with van der Waals surface area (Å²) < 4.78 is 4.97. The van der Waals surface area contributed by atoms with Crippen LogP contribution in [0.3, 0.4) is 0 Å². The Hall–Kier alpha value is -3.91. The van der Waals surface area contributed by atoms with E-state index in [2.05, 4.69) is 11.4 Å². The lowest BCUT2D eigenvalue weighted by molar-refractivity contribution is -0.118. The summed E-state index contributed by atoms with van der Waals surface area (Å²) in [6, 6.07) is 21.4. The molecule has 162 valence electrons. The van der Waals surface area contributed by atoms with E-state index in [-0.39, 0.29) is 12.2 Å². The standard InChI is InChI=1S/C27H26N2O3/c1-4-23(30)15-22-13-18(2)14-25(27(31)32-3)26(22)29-17-19-9-11-20(12-10-19)24-8-6-5-7-21(24)16-28/h5-14,29H,4,15,17H2,1-3H3. The van der Waals surface area contributed by atoms with E-state index in [1.165, 1.54) is 7.11 Å². The van der Waals surface area contributed by atoms with Crippen LogP contribution in [0.1, 0.15) is 46.0 Å². The summed E-state index contributed by atoms with van der Waals surface area (Å²) in [4.78, 5) is 24.5. The van der Waals surface area contributed by atoms with Gasteiger partial charge in [-0.25, -0.2) is 4.79 Å². The minimum Gasteiger partial charge on any atom is -0.465 e. The third kappa shape index (κ3) is 5.22. The maximum Gasteiger partial charge on any atom is 0.339 e. The van der Waals surface area contributed by atoms with Crippen molar-refractivity contribution in [2.75, 3.05) is 12.4 Å². The zero-order valence-electron chi connectivity index (χ0n) is 18.6. The first kappa shape index (κ1) is 22.8. The van der Waals surface area contributed by atoms with Crippen molar-refractivity contribution < 1.29 is 14.3 Å². The molecule has 32 heavy (non-hydrogen) atoms. The van der Waals surface area contributed by atoms with Crippen molar-refractivity contribution in [2.45, 2.75) is 33.2 Å². The Bertz CT molecular complexity index is 1170. The fourth-order valence-corrected chi connectivity index (χ4v) is 3.64. The summed E-state index contributed by atoms with van der Waals surface area (Å²) in [6.45, 7) is 4.20. The number of ether oxygens (including phenoxy) is 1. The Kier molecular flexibility index (Phi) is 7.41. The van der Waals surface area contributed by atoms with E-state index in [0.29, 0.717) is 29.8 Å². The van der Waals surface area contributed by atoms with Gasteiger partial charge in [0.15, 0.2) is 0 Å². The molecule has 0 radical (unpaired) electrons. The molecule has 5 nitrogen and oxygen atoms in total. The number of benzene rings is 3. The second kappa shape index (κ2) is 10.4. The highest BCUT2D eigenvalue weighted by molar-refractivity contribution is 5.97. The highest BCUT2D eigenvalue weighted by Gasteiger charge is 2.18. The quantitative estimate of drug-likeness (QED) is 0.484. The number of carbonyl (C=O) groups excluding carboxylic acids is 2. The van der Waals surface area contributed by atoms with Crippen LogP contribution in [-0.4, -0.2) is 18.9 Å². The summed E-state index contributed by atoms with van der Waals surface area (Å²) in [6.07, 6.45) is 0.695. The number of aryl methyl sites for hydroxylation is 1. The molecule has 0 atom stereocenters. The van der Waals surface area contributed by atoms with Crippen molar-refractivity contribution >= 4 is 17.4 Å². The van der Waals surface area contributed by atoms with Gasteiger partial charge in [0.05, 0.1) is 30.0 Å². The molecule has 0 amide bonds. The SMILES string of the molecule is CCC(=O)Cc1cc(C)cc(C(=O)OC)c1NCc1ccc(-c2ccccc2C#N)cc1. The normalized spacial score (nSPS) is 10.3. The Balaban J connectivity index is 1.88. The van der Waals surface area contributed by atoms with Crippen molar-refractivity contribution in [1.82, 2.24) is 0 Å². The molecule has 0 saturated heterocycles. The molecule has 0 fully saturated rings. The van der Waals surface area contributed by atoms with E-state index in [1.807, 2.05) is 62.4 Å². The summed E-state index contributed by atoms with van der Waals surface area (Å²) in [5.74, 6) is -0.333. The largest absolute Gasteiger partial charge is 0.465 e. The number of anilines is 1. The van der Waals surface area contributed by atoms with Gasteiger partial charge in [0.25, 0.3) is 0 Å². The van der Waals surface area contributed by atoms with Gasteiger partial charge in [-0.15, -0.1) is 0 Å². The highest BCUT2D eigenvalue weighted by Crippen LogP contribution is 2.27. The third-order valence-electron chi connectivity index (χ3n) is 5.33. The molecule has 0 bridgehead atoms. The Morgan fingerprint density at radius 1 is 1.06 bits per heavy atom. The third-order valence-corrected chi connectivity index (χ3v) is 5.33. The predicted octanol–water partition coefficient (Wildman–Crippen LogP) is 5.45. The minimum absolute atomic E-state index is 0.106. The topological polar surface area (TPSA) is 79.2 Å². The van der Waals surface area contributed by atoms with Crippen molar-refractivity contribution in [2.24, 2.45) is 0 Å². The Labute approximate surface area is 188 Å².